The molecule has 0 aromatic carbocycles. The first-order valence-corrected chi connectivity index (χ1v) is 5.62. The van der Waals surface area contributed by atoms with Crippen molar-refractivity contribution in [2.75, 3.05) is 6.16 Å². The SMILES string of the molecule is C=CCP(C(C)C)C(C)C. The summed E-state index contributed by atoms with van der Waals surface area (Å²) in [6, 6.07) is 0. The number of hydrogen-bond acceptors (Lipinski definition) is 0. The Hall–Kier alpha value is 0.170. The van der Waals surface area contributed by atoms with Gasteiger partial charge in [-0.25, -0.2) is 0 Å². The third kappa shape index (κ3) is 3.37. The van der Waals surface area contributed by atoms with Gasteiger partial charge in [-0.05, 0) is 17.5 Å². The third-order valence-corrected chi connectivity index (χ3v) is 5.00. The standard InChI is InChI=1S/C9H19P/c1-6-7-10(8(2)3)9(4)5/h6,8-9H,1,7H2,2-5H3. The Balaban J connectivity index is 3.84. The summed E-state index contributed by atoms with van der Waals surface area (Å²) in [4.78, 5) is 0. The van der Waals surface area contributed by atoms with Gasteiger partial charge >= 0.3 is 0 Å². The highest BCUT2D eigenvalue weighted by molar-refractivity contribution is 7.59. The van der Waals surface area contributed by atoms with Crippen LogP contribution in [0.3, 0.4) is 0 Å². The summed E-state index contributed by atoms with van der Waals surface area (Å²) in [5.41, 5.74) is 1.71. The lowest BCUT2D eigenvalue weighted by molar-refractivity contribution is 1.01. The van der Waals surface area contributed by atoms with Crippen molar-refractivity contribution in [1.29, 1.82) is 0 Å². The van der Waals surface area contributed by atoms with Crippen molar-refractivity contribution in [3.63, 3.8) is 0 Å². The number of hydrogen-bond donors (Lipinski definition) is 0. The Morgan fingerprint density at radius 3 is 1.70 bits per heavy atom. The van der Waals surface area contributed by atoms with Crippen molar-refractivity contribution in [3.8, 4) is 0 Å². The van der Waals surface area contributed by atoms with E-state index in [0.29, 0.717) is 0 Å². The molecule has 0 aromatic heterocycles. The fourth-order valence-electron chi connectivity index (χ4n) is 1.17. The van der Waals surface area contributed by atoms with Crippen LogP contribution in [0, 0.1) is 0 Å². The maximum atomic E-state index is 3.78. The van der Waals surface area contributed by atoms with E-state index in [2.05, 4.69) is 40.3 Å². The Morgan fingerprint density at radius 2 is 1.60 bits per heavy atom. The molecule has 0 aliphatic heterocycles. The lowest BCUT2D eigenvalue weighted by atomic mass is 10.5. The zero-order chi connectivity index (χ0) is 8.15. The first kappa shape index (κ1) is 10.2. The van der Waals surface area contributed by atoms with Crippen molar-refractivity contribution in [2.45, 2.75) is 39.0 Å². The van der Waals surface area contributed by atoms with E-state index >= 15 is 0 Å². The van der Waals surface area contributed by atoms with E-state index in [4.69, 9.17) is 0 Å². The first-order chi connectivity index (χ1) is 4.59. The van der Waals surface area contributed by atoms with Crippen LogP contribution >= 0.6 is 7.92 Å². The first-order valence-electron chi connectivity index (χ1n) is 3.96. The van der Waals surface area contributed by atoms with E-state index in [-0.39, 0.29) is 7.92 Å². The lowest BCUT2D eigenvalue weighted by Crippen LogP contribution is -2.04. The molecule has 0 saturated heterocycles. The minimum absolute atomic E-state index is 0.203. The molecule has 60 valence electrons. The second kappa shape index (κ2) is 4.91. The Labute approximate surface area is 66.5 Å². The minimum Gasteiger partial charge on any atom is -0.103 e. The summed E-state index contributed by atoms with van der Waals surface area (Å²) in [6.45, 7) is 13.0. The fraction of sp³-hybridized carbons (Fsp3) is 0.778. The van der Waals surface area contributed by atoms with Crippen LogP contribution in [0.1, 0.15) is 27.7 Å². The molecule has 0 spiro atoms. The van der Waals surface area contributed by atoms with Crippen LogP contribution in [-0.2, 0) is 0 Å². The largest absolute Gasteiger partial charge is 0.103 e. The molecule has 0 N–H and O–H groups in total. The minimum atomic E-state index is 0.203. The van der Waals surface area contributed by atoms with Crippen molar-refractivity contribution >= 4 is 7.92 Å². The molecule has 0 heterocycles. The van der Waals surface area contributed by atoms with Crippen LogP contribution in [0.5, 0.6) is 0 Å². The summed E-state index contributed by atoms with van der Waals surface area (Å²) in [7, 11) is 0.203. The summed E-state index contributed by atoms with van der Waals surface area (Å²) in [5.74, 6) is 0. The topological polar surface area (TPSA) is 0 Å². The highest BCUT2D eigenvalue weighted by atomic mass is 31.1. The Kier molecular flexibility index (Phi) is 4.99. The van der Waals surface area contributed by atoms with Gasteiger partial charge < -0.3 is 0 Å². The molecule has 0 unspecified atom stereocenters. The molecule has 0 rings (SSSR count). The quantitative estimate of drug-likeness (QED) is 0.434. The Morgan fingerprint density at radius 1 is 1.20 bits per heavy atom. The van der Waals surface area contributed by atoms with Crippen LogP contribution in [0.4, 0.5) is 0 Å². The maximum absolute atomic E-state index is 3.78. The van der Waals surface area contributed by atoms with Gasteiger partial charge in [-0.1, -0.05) is 41.7 Å². The van der Waals surface area contributed by atoms with Gasteiger partial charge in [0.25, 0.3) is 0 Å². The monoisotopic (exact) mass is 158 g/mol. The van der Waals surface area contributed by atoms with E-state index in [1.807, 2.05) is 0 Å². The van der Waals surface area contributed by atoms with Crippen LogP contribution in [-0.4, -0.2) is 17.5 Å². The second-order valence-electron chi connectivity index (χ2n) is 3.17. The Bertz CT molecular complexity index is 86.9. The molecule has 0 bridgehead atoms. The predicted octanol–water partition coefficient (Wildman–Crippen LogP) is 3.47. The third-order valence-electron chi connectivity index (χ3n) is 1.67. The summed E-state index contributed by atoms with van der Waals surface area (Å²) in [5, 5.41) is 0. The summed E-state index contributed by atoms with van der Waals surface area (Å²) in [6.07, 6.45) is 3.29. The molecule has 10 heavy (non-hydrogen) atoms. The molecular weight excluding hydrogens is 139 g/mol. The molecule has 0 nitrogen and oxygen atoms in total. The molecule has 0 fully saturated rings. The second-order valence-corrected chi connectivity index (χ2v) is 6.63. The highest BCUT2D eigenvalue weighted by Gasteiger charge is 2.13. The molecule has 0 atom stereocenters. The van der Waals surface area contributed by atoms with Crippen LogP contribution in [0.2, 0.25) is 0 Å². The lowest BCUT2D eigenvalue weighted by Gasteiger charge is -2.23. The van der Waals surface area contributed by atoms with E-state index in [9.17, 15) is 0 Å². The summed E-state index contributed by atoms with van der Waals surface area (Å²) >= 11 is 0. The van der Waals surface area contributed by atoms with Gasteiger partial charge in [0.2, 0.25) is 0 Å². The average Bonchev–Trinajstić information content (AvgIpc) is 1.81. The van der Waals surface area contributed by atoms with Crippen LogP contribution < -0.4 is 0 Å². The van der Waals surface area contributed by atoms with Crippen LogP contribution in [0.25, 0.3) is 0 Å². The van der Waals surface area contributed by atoms with Crippen molar-refractivity contribution in [3.05, 3.63) is 12.7 Å². The molecule has 0 aliphatic carbocycles. The van der Waals surface area contributed by atoms with E-state index < -0.39 is 0 Å². The summed E-state index contributed by atoms with van der Waals surface area (Å²) < 4.78 is 0. The molecule has 0 radical (unpaired) electrons. The van der Waals surface area contributed by atoms with E-state index in [0.717, 1.165) is 11.3 Å². The van der Waals surface area contributed by atoms with Gasteiger partial charge in [0.15, 0.2) is 0 Å². The molecule has 0 saturated carbocycles. The van der Waals surface area contributed by atoms with E-state index in [1.165, 1.54) is 6.16 Å². The van der Waals surface area contributed by atoms with Gasteiger partial charge in [0, 0.05) is 0 Å². The van der Waals surface area contributed by atoms with Gasteiger partial charge in [-0.2, -0.15) is 0 Å². The molecule has 0 aromatic rings. The van der Waals surface area contributed by atoms with E-state index in [1.54, 1.807) is 0 Å². The van der Waals surface area contributed by atoms with Gasteiger partial charge in [0.1, 0.15) is 0 Å². The normalized spacial score (nSPS) is 11.5. The highest BCUT2D eigenvalue weighted by Crippen LogP contribution is 2.45. The molecule has 0 amide bonds. The van der Waals surface area contributed by atoms with Gasteiger partial charge in [0.05, 0.1) is 0 Å². The van der Waals surface area contributed by atoms with Crippen molar-refractivity contribution in [2.24, 2.45) is 0 Å². The smallest absolute Gasteiger partial charge is 0.0143 e. The van der Waals surface area contributed by atoms with Gasteiger partial charge in [-0.15, -0.1) is 6.58 Å². The fourth-order valence-corrected chi connectivity index (χ4v) is 3.50. The maximum Gasteiger partial charge on any atom is -0.0143 e. The van der Waals surface area contributed by atoms with Crippen LogP contribution in [0.15, 0.2) is 12.7 Å². The molecular formula is C9H19P. The average molecular weight is 158 g/mol. The molecule has 1 heteroatoms. The number of allylic oxidation sites excluding steroid dienone is 1. The zero-order valence-corrected chi connectivity index (χ0v) is 8.49. The van der Waals surface area contributed by atoms with Crippen molar-refractivity contribution in [1.82, 2.24) is 0 Å². The number of rotatable bonds is 4. The van der Waals surface area contributed by atoms with Gasteiger partial charge in [-0.3, -0.25) is 0 Å². The molecule has 0 aliphatic rings. The zero-order valence-electron chi connectivity index (χ0n) is 7.59. The predicted molar refractivity (Wildman–Crippen MR) is 52.3 cm³/mol. The van der Waals surface area contributed by atoms with Crippen molar-refractivity contribution < 1.29 is 0 Å².